The first kappa shape index (κ1) is 10.3. The SMILES string of the molecule is CC(C)(C)c1ccc2c(c1)COC21CNC1. The van der Waals surface area contributed by atoms with Crippen molar-refractivity contribution in [1.82, 2.24) is 5.32 Å². The summed E-state index contributed by atoms with van der Waals surface area (Å²) in [6.07, 6.45) is 0. The molecule has 2 nitrogen and oxygen atoms in total. The number of hydrogen-bond acceptors (Lipinski definition) is 2. The van der Waals surface area contributed by atoms with E-state index in [1.165, 1.54) is 16.7 Å². The van der Waals surface area contributed by atoms with Gasteiger partial charge in [-0.2, -0.15) is 0 Å². The highest BCUT2D eigenvalue weighted by molar-refractivity contribution is 5.42. The van der Waals surface area contributed by atoms with Crippen LogP contribution in [0.4, 0.5) is 0 Å². The Morgan fingerprint density at radius 1 is 1.25 bits per heavy atom. The molecule has 86 valence electrons. The van der Waals surface area contributed by atoms with Crippen LogP contribution >= 0.6 is 0 Å². The number of fused-ring (bicyclic) bond motifs is 2. The predicted molar refractivity (Wildman–Crippen MR) is 64.5 cm³/mol. The first-order valence-electron chi connectivity index (χ1n) is 6.00. The minimum atomic E-state index is 0.00570. The van der Waals surface area contributed by atoms with Gasteiger partial charge in [0.05, 0.1) is 6.61 Å². The van der Waals surface area contributed by atoms with E-state index in [1.54, 1.807) is 0 Å². The van der Waals surface area contributed by atoms with Gasteiger partial charge < -0.3 is 10.1 Å². The Morgan fingerprint density at radius 2 is 2.00 bits per heavy atom. The average molecular weight is 217 g/mol. The molecule has 0 unspecified atom stereocenters. The molecule has 2 heterocycles. The highest BCUT2D eigenvalue weighted by Crippen LogP contribution is 2.40. The van der Waals surface area contributed by atoms with Crippen molar-refractivity contribution in [3.8, 4) is 0 Å². The summed E-state index contributed by atoms with van der Waals surface area (Å²) in [5, 5.41) is 3.30. The maximum absolute atomic E-state index is 5.95. The quantitative estimate of drug-likeness (QED) is 0.720. The van der Waals surface area contributed by atoms with E-state index in [9.17, 15) is 0 Å². The smallest absolute Gasteiger partial charge is 0.119 e. The van der Waals surface area contributed by atoms with E-state index in [4.69, 9.17) is 4.74 Å². The third-order valence-electron chi connectivity index (χ3n) is 3.79. The van der Waals surface area contributed by atoms with Crippen LogP contribution in [0, 0.1) is 0 Å². The summed E-state index contributed by atoms with van der Waals surface area (Å²) in [7, 11) is 0. The van der Waals surface area contributed by atoms with Crippen molar-refractivity contribution in [3.63, 3.8) is 0 Å². The van der Waals surface area contributed by atoms with Crippen LogP contribution in [-0.4, -0.2) is 13.1 Å². The van der Waals surface area contributed by atoms with Crippen LogP contribution in [0.1, 0.15) is 37.5 Å². The van der Waals surface area contributed by atoms with Gasteiger partial charge in [-0.1, -0.05) is 39.0 Å². The molecule has 1 saturated heterocycles. The zero-order valence-corrected chi connectivity index (χ0v) is 10.3. The highest BCUT2D eigenvalue weighted by Gasteiger charge is 2.45. The molecule has 1 N–H and O–H groups in total. The first-order chi connectivity index (χ1) is 7.51. The Hall–Kier alpha value is -0.860. The molecule has 0 bridgehead atoms. The molecule has 1 spiro atoms. The standard InChI is InChI=1S/C14H19NO/c1-13(2,3)11-4-5-12-10(6-11)7-16-14(12)8-15-9-14/h4-6,15H,7-9H2,1-3H3. The molecule has 16 heavy (non-hydrogen) atoms. The first-order valence-corrected chi connectivity index (χ1v) is 6.00. The fraction of sp³-hybridized carbons (Fsp3) is 0.571. The Labute approximate surface area is 97.0 Å². The van der Waals surface area contributed by atoms with E-state index in [0.717, 1.165) is 19.7 Å². The zero-order chi connectivity index (χ0) is 11.4. The van der Waals surface area contributed by atoms with Gasteiger partial charge in [0.1, 0.15) is 5.60 Å². The molecular weight excluding hydrogens is 198 g/mol. The second-order valence-electron chi connectivity index (χ2n) is 6.01. The summed E-state index contributed by atoms with van der Waals surface area (Å²) < 4.78 is 5.95. The van der Waals surface area contributed by atoms with Crippen LogP contribution in [0.5, 0.6) is 0 Å². The lowest BCUT2D eigenvalue weighted by molar-refractivity contribution is -0.0746. The molecule has 1 fully saturated rings. The van der Waals surface area contributed by atoms with Crippen LogP contribution in [0.25, 0.3) is 0 Å². The Bertz CT molecular complexity index is 427. The molecule has 0 atom stereocenters. The number of rotatable bonds is 0. The van der Waals surface area contributed by atoms with E-state index in [2.05, 4.69) is 44.3 Å². The van der Waals surface area contributed by atoms with Gasteiger partial charge in [-0.15, -0.1) is 0 Å². The molecule has 2 aliphatic heterocycles. The highest BCUT2D eigenvalue weighted by atomic mass is 16.5. The number of hydrogen-bond donors (Lipinski definition) is 1. The van der Waals surface area contributed by atoms with Crippen LogP contribution in [0.3, 0.4) is 0 Å². The fourth-order valence-electron chi connectivity index (χ4n) is 2.56. The summed E-state index contributed by atoms with van der Waals surface area (Å²) >= 11 is 0. The molecule has 2 aliphatic rings. The molecule has 0 amide bonds. The monoisotopic (exact) mass is 217 g/mol. The summed E-state index contributed by atoms with van der Waals surface area (Å²) in [4.78, 5) is 0. The largest absolute Gasteiger partial charge is 0.363 e. The fourth-order valence-corrected chi connectivity index (χ4v) is 2.56. The topological polar surface area (TPSA) is 21.3 Å². The van der Waals surface area contributed by atoms with E-state index in [1.807, 2.05) is 0 Å². The molecule has 0 aromatic heterocycles. The van der Waals surface area contributed by atoms with E-state index in [0.29, 0.717) is 0 Å². The van der Waals surface area contributed by atoms with Gasteiger partial charge in [-0.05, 0) is 22.1 Å². The van der Waals surface area contributed by atoms with Crippen molar-refractivity contribution < 1.29 is 4.74 Å². The number of benzene rings is 1. The predicted octanol–water partition coefficient (Wildman–Crippen LogP) is 2.31. The summed E-state index contributed by atoms with van der Waals surface area (Å²) in [6, 6.07) is 6.85. The Morgan fingerprint density at radius 3 is 2.56 bits per heavy atom. The second-order valence-corrected chi connectivity index (χ2v) is 6.01. The van der Waals surface area contributed by atoms with E-state index >= 15 is 0 Å². The number of nitrogens with one attached hydrogen (secondary N) is 1. The van der Waals surface area contributed by atoms with Gasteiger partial charge in [0.25, 0.3) is 0 Å². The molecule has 0 saturated carbocycles. The van der Waals surface area contributed by atoms with Crippen molar-refractivity contribution in [3.05, 3.63) is 34.9 Å². The van der Waals surface area contributed by atoms with Gasteiger partial charge in [-0.25, -0.2) is 0 Å². The van der Waals surface area contributed by atoms with Crippen molar-refractivity contribution in [2.75, 3.05) is 13.1 Å². The lowest BCUT2D eigenvalue weighted by atomic mass is 9.82. The van der Waals surface area contributed by atoms with Crippen LogP contribution < -0.4 is 5.32 Å². The van der Waals surface area contributed by atoms with Gasteiger partial charge >= 0.3 is 0 Å². The summed E-state index contributed by atoms with van der Waals surface area (Å²) in [5.74, 6) is 0. The maximum atomic E-state index is 5.95. The molecule has 0 aliphatic carbocycles. The van der Waals surface area contributed by atoms with Crippen LogP contribution in [-0.2, 0) is 22.4 Å². The minimum Gasteiger partial charge on any atom is -0.363 e. The number of ether oxygens (including phenoxy) is 1. The van der Waals surface area contributed by atoms with E-state index < -0.39 is 0 Å². The summed E-state index contributed by atoms with van der Waals surface area (Å²) in [6.45, 7) is 9.48. The third-order valence-corrected chi connectivity index (χ3v) is 3.79. The van der Waals surface area contributed by atoms with Crippen molar-refractivity contribution in [2.45, 2.75) is 38.4 Å². The lowest BCUT2D eigenvalue weighted by Gasteiger charge is -2.39. The Balaban J connectivity index is 2.03. The molecule has 2 heteroatoms. The molecule has 1 aromatic rings. The van der Waals surface area contributed by atoms with Crippen molar-refractivity contribution in [1.29, 1.82) is 0 Å². The normalized spacial score (nSPS) is 21.9. The molecule has 3 rings (SSSR count). The van der Waals surface area contributed by atoms with E-state index in [-0.39, 0.29) is 11.0 Å². The third kappa shape index (κ3) is 1.33. The molecule has 1 aromatic carbocycles. The van der Waals surface area contributed by atoms with Gasteiger partial charge in [0.2, 0.25) is 0 Å². The second kappa shape index (κ2) is 3.08. The van der Waals surface area contributed by atoms with Gasteiger partial charge in [0, 0.05) is 13.1 Å². The zero-order valence-electron chi connectivity index (χ0n) is 10.3. The minimum absolute atomic E-state index is 0.00570. The van der Waals surface area contributed by atoms with Crippen LogP contribution in [0.2, 0.25) is 0 Å². The molecular formula is C14H19NO. The summed E-state index contributed by atoms with van der Waals surface area (Å²) in [5.41, 5.74) is 4.42. The van der Waals surface area contributed by atoms with Crippen molar-refractivity contribution in [2.24, 2.45) is 0 Å². The van der Waals surface area contributed by atoms with Gasteiger partial charge in [0.15, 0.2) is 0 Å². The van der Waals surface area contributed by atoms with Crippen molar-refractivity contribution >= 4 is 0 Å². The Kier molecular flexibility index (Phi) is 1.99. The van der Waals surface area contributed by atoms with Crippen LogP contribution in [0.15, 0.2) is 18.2 Å². The average Bonchev–Trinajstić information content (AvgIpc) is 2.53. The molecule has 0 radical (unpaired) electrons. The maximum Gasteiger partial charge on any atom is 0.119 e. The van der Waals surface area contributed by atoms with Gasteiger partial charge in [-0.3, -0.25) is 0 Å². The lowest BCUT2D eigenvalue weighted by Crippen LogP contribution is -2.56.